The minimum absolute atomic E-state index is 0.00552. The Hall–Kier alpha value is -2.54. The summed E-state index contributed by atoms with van der Waals surface area (Å²) < 4.78 is 22.0. The topological polar surface area (TPSA) is 74.3 Å². The predicted molar refractivity (Wildman–Crippen MR) is 130 cm³/mol. The number of rotatable bonds is 10. The molecule has 0 N–H and O–H groups in total. The molecule has 0 saturated heterocycles. The Morgan fingerprint density at radius 2 is 1.91 bits per heavy atom. The van der Waals surface area contributed by atoms with Gasteiger partial charge in [-0.2, -0.15) is 0 Å². The Morgan fingerprint density at radius 3 is 2.53 bits per heavy atom. The molecule has 0 aromatic heterocycles. The molecule has 2 atom stereocenters. The van der Waals surface area contributed by atoms with Gasteiger partial charge < -0.3 is 23.8 Å². The van der Waals surface area contributed by atoms with E-state index in [-0.39, 0.29) is 35.7 Å². The molecule has 2 aliphatic rings. The van der Waals surface area contributed by atoms with E-state index in [1.807, 2.05) is 12.3 Å². The second-order valence-electron chi connectivity index (χ2n) is 9.92. The van der Waals surface area contributed by atoms with E-state index >= 15 is 0 Å². The molecule has 1 aromatic rings. The van der Waals surface area contributed by atoms with E-state index in [2.05, 4.69) is 38.7 Å². The summed E-state index contributed by atoms with van der Waals surface area (Å²) in [4.78, 5) is 27.5. The molecule has 0 fully saturated rings. The fourth-order valence-electron chi connectivity index (χ4n) is 5.59. The highest BCUT2D eigenvalue weighted by molar-refractivity contribution is 6.00. The van der Waals surface area contributed by atoms with Crippen molar-refractivity contribution in [2.45, 2.75) is 71.4 Å². The van der Waals surface area contributed by atoms with Crippen LogP contribution in [-0.2, 0) is 24.5 Å². The van der Waals surface area contributed by atoms with Gasteiger partial charge in [0.1, 0.15) is 0 Å². The van der Waals surface area contributed by atoms with Gasteiger partial charge in [-0.25, -0.2) is 0 Å². The van der Waals surface area contributed by atoms with Gasteiger partial charge in [0.2, 0.25) is 0 Å². The number of ether oxygens (including phenoxy) is 4. The Bertz CT molecular complexity index is 935. The first kappa shape index (κ1) is 26.1. The second-order valence-corrected chi connectivity index (χ2v) is 9.92. The minimum Gasteiger partial charge on any atom is -0.493 e. The van der Waals surface area contributed by atoms with Crippen molar-refractivity contribution in [2.75, 3.05) is 34.0 Å². The quantitative estimate of drug-likeness (QED) is 0.364. The lowest BCUT2D eigenvalue weighted by molar-refractivity contribution is -0.143. The molecule has 2 aliphatic heterocycles. The van der Waals surface area contributed by atoms with Crippen LogP contribution >= 0.6 is 0 Å². The minimum atomic E-state index is -0.366. The van der Waals surface area contributed by atoms with E-state index in [1.165, 1.54) is 5.56 Å². The Morgan fingerprint density at radius 1 is 1.18 bits per heavy atom. The average Bonchev–Trinajstić information content (AvgIpc) is 2.77. The molecule has 7 heteroatoms. The van der Waals surface area contributed by atoms with Crippen molar-refractivity contribution in [1.82, 2.24) is 4.90 Å². The van der Waals surface area contributed by atoms with Crippen LogP contribution in [0.3, 0.4) is 0 Å². The first-order valence-electron chi connectivity index (χ1n) is 12.2. The largest absolute Gasteiger partial charge is 0.493 e. The fourth-order valence-corrected chi connectivity index (χ4v) is 5.59. The Kier molecular flexibility index (Phi) is 8.29. The number of carbonyl (C=O) groups excluding carboxylic acids is 2. The van der Waals surface area contributed by atoms with Crippen LogP contribution in [0.5, 0.6) is 11.5 Å². The summed E-state index contributed by atoms with van der Waals surface area (Å²) in [7, 11) is 3.31. The smallest absolute Gasteiger partial charge is 0.310 e. The van der Waals surface area contributed by atoms with E-state index in [9.17, 15) is 9.59 Å². The Balaban J connectivity index is 2.06. The van der Waals surface area contributed by atoms with Gasteiger partial charge in [0.05, 0.1) is 32.8 Å². The van der Waals surface area contributed by atoms with Crippen molar-refractivity contribution >= 4 is 11.8 Å². The van der Waals surface area contributed by atoms with Crippen LogP contribution < -0.4 is 9.47 Å². The zero-order chi connectivity index (χ0) is 25.0. The molecule has 34 heavy (non-hydrogen) atoms. The molecular weight excluding hydrogens is 434 g/mol. The molecule has 2 heterocycles. The zero-order valence-electron chi connectivity index (χ0n) is 21.6. The number of fused-ring (bicyclic) bond motifs is 3. The first-order valence-corrected chi connectivity index (χ1v) is 12.2. The summed E-state index contributed by atoms with van der Waals surface area (Å²) in [6.45, 7) is 12.1. The van der Waals surface area contributed by atoms with Crippen molar-refractivity contribution in [3.05, 3.63) is 35.0 Å². The number of hydrogen-bond acceptors (Lipinski definition) is 7. The molecular formula is C27H39NO6. The number of nitrogens with zero attached hydrogens (tertiary/aromatic N) is 1. The summed E-state index contributed by atoms with van der Waals surface area (Å²) in [5.41, 5.74) is 2.53. The third-order valence-corrected chi connectivity index (χ3v) is 6.87. The third kappa shape index (κ3) is 5.09. The van der Waals surface area contributed by atoms with Crippen LogP contribution in [0.2, 0.25) is 0 Å². The summed E-state index contributed by atoms with van der Waals surface area (Å²) >= 11 is 0. The number of carbonyl (C=O) groups is 2. The SMILES string of the molecule is CCOC(=O)CC1=CN2C(CC1=O)c1cc(OC)c(OCCCOC)cc1C(C)(C)C2C(C)C. The van der Waals surface area contributed by atoms with Crippen molar-refractivity contribution in [3.8, 4) is 11.5 Å². The molecule has 0 aliphatic carbocycles. The van der Waals surface area contributed by atoms with E-state index in [0.29, 0.717) is 49.2 Å². The molecule has 0 saturated carbocycles. The van der Waals surface area contributed by atoms with Crippen LogP contribution in [0.15, 0.2) is 23.9 Å². The number of methoxy groups -OCH3 is 2. The normalized spacial score (nSPS) is 21.0. The van der Waals surface area contributed by atoms with Crippen molar-refractivity contribution in [1.29, 1.82) is 0 Å². The number of ketones is 1. The third-order valence-electron chi connectivity index (χ3n) is 6.87. The summed E-state index contributed by atoms with van der Waals surface area (Å²) in [5.74, 6) is 1.30. The lowest BCUT2D eigenvalue weighted by Crippen LogP contribution is -2.55. The van der Waals surface area contributed by atoms with Crippen molar-refractivity contribution in [3.63, 3.8) is 0 Å². The van der Waals surface area contributed by atoms with Gasteiger partial charge in [-0.05, 0) is 36.1 Å². The summed E-state index contributed by atoms with van der Waals surface area (Å²) in [6, 6.07) is 4.13. The summed E-state index contributed by atoms with van der Waals surface area (Å²) in [5, 5.41) is 0. The standard InChI is InChI=1S/C27H39NO6/c1-8-33-25(30)12-18-16-28-21(15-22(18)29)19-13-23(32-7)24(34-11-9-10-31-6)14-20(19)27(4,5)26(28)17(2)3/h13-14,16-17,21,26H,8-12,15H2,1-7H3. The molecule has 0 spiro atoms. The van der Waals surface area contributed by atoms with Crippen molar-refractivity contribution < 1.29 is 28.5 Å². The van der Waals surface area contributed by atoms with Crippen molar-refractivity contribution in [2.24, 2.45) is 5.92 Å². The van der Waals surface area contributed by atoms with E-state index in [0.717, 1.165) is 12.0 Å². The first-order chi connectivity index (χ1) is 16.1. The second kappa shape index (κ2) is 10.8. The molecule has 0 bridgehead atoms. The average molecular weight is 474 g/mol. The van der Waals surface area contributed by atoms with Gasteiger partial charge in [0.25, 0.3) is 0 Å². The van der Waals surface area contributed by atoms with Crippen LogP contribution in [0.1, 0.15) is 71.0 Å². The van der Waals surface area contributed by atoms with Gasteiger partial charge >= 0.3 is 5.97 Å². The van der Waals surface area contributed by atoms with Crippen LogP contribution in [0, 0.1) is 5.92 Å². The van der Waals surface area contributed by atoms with E-state index in [4.69, 9.17) is 18.9 Å². The number of Topliss-reactive ketones (excluding diaryl/α,β-unsaturated/α-hetero) is 1. The van der Waals surface area contributed by atoms with Gasteiger partial charge in [-0.15, -0.1) is 0 Å². The highest BCUT2D eigenvalue weighted by Gasteiger charge is 2.48. The summed E-state index contributed by atoms with van der Waals surface area (Å²) in [6.07, 6.45) is 3.01. The maximum Gasteiger partial charge on any atom is 0.310 e. The lowest BCUT2D eigenvalue weighted by Gasteiger charge is -2.54. The molecule has 0 radical (unpaired) electrons. The monoisotopic (exact) mass is 473 g/mol. The lowest BCUT2D eigenvalue weighted by atomic mass is 9.65. The van der Waals surface area contributed by atoms with Gasteiger partial charge in [-0.1, -0.05) is 27.7 Å². The maximum absolute atomic E-state index is 13.1. The van der Waals surface area contributed by atoms with Gasteiger partial charge in [-0.3, -0.25) is 9.59 Å². The predicted octanol–water partition coefficient (Wildman–Crippen LogP) is 4.58. The highest BCUT2D eigenvalue weighted by atomic mass is 16.5. The van der Waals surface area contributed by atoms with Crippen LogP contribution in [0.25, 0.3) is 0 Å². The maximum atomic E-state index is 13.1. The molecule has 7 nitrogen and oxygen atoms in total. The zero-order valence-corrected chi connectivity index (χ0v) is 21.6. The van der Waals surface area contributed by atoms with Gasteiger partial charge in [0, 0.05) is 49.8 Å². The molecule has 188 valence electrons. The van der Waals surface area contributed by atoms with Crippen LogP contribution in [-0.4, -0.2) is 56.7 Å². The van der Waals surface area contributed by atoms with Crippen LogP contribution in [0.4, 0.5) is 0 Å². The molecule has 0 amide bonds. The fraction of sp³-hybridized carbons (Fsp3) is 0.630. The van der Waals surface area contributed by atoms with E-state index < -0.39 is 0 Å². The van der Waals surface area contributed by atoms with Gasteiger partial charge in [0.15, 0.2) is 17.3 Å². The van der Waals surface area contributed by atoms with E-state index in [1.54, 1.807) is 21.1 Å². The molecule has 2 unspecified atom stereocenters. The molecule has 3 rings (SSSR count). The Labute approximate surface area is 203 Å². The number of esters is 1. The number of benzene rings is 1. The molecule has 1 aromatic carbocycles. The highest BCUT2D eigenvalue weighted by Crippen LogP contribution is 2.52. The number of hydrogen-bond donors (Lipinski definition) is 0.